The molecule has 0 saturated heterocycles. The zero-order valence-electron chi connectivity index (χ0n) is 9.92. The van der Waals surface area contributed by atoms with E-state index in [9.17, 15) is 9.59 Å². The van der Waals surface area contributed by atoms with Gasteiger partial charge in [0.2, 0.25) is 0 Å². The number of carbonyl (C=O) groups excluding carboxylic acids is 1. The third-order valence-corrected chi connectivity index (χ3v) is 2.88. The molecular weight excluding hydrogens is 254 g/mol. The lowest BCUT2D eigenvalue weighted by Gasteiger charge is -2.13. The van der Waals surface area contributed by atoms with Crippen molar-refractivity contribution in [1.82, 2.24) is 10.3 Å². The summed E-state index contributed by atoms with van der Waals surface area (Å²) in [5.74, 6) is -0.871. The number of nitrogens with zero attached hydrogens (tertiary/aromatic N) is 1. The van der Waals surface area contributed by atoms with Gasteiger partial charge in [-0.1, -0.05) is 0 Å². The molecule has 4 N–H and O–H groups in total. The number of carboxylic acids is 1. The average Bonchev–Trinajstić information content (AvgIpc) is 2.33. The maximum atomic E-state index is 11.8. The van der Waals surface area contributed by atoms with Gasteiger partial charge in [0.1, 0.15) is 6.04 Å². The van der Waals surface area contributed by atoms with Gasteiger partial charge in [0.15, 0.2) is 0 Å². The molecule has 1 amide bonds. The van der Waals surface area contributed by atoms with E-state index in [0.29, 0.717) is 17.9 Å². The first-order chi connectivity index (χ1) is 8.54. The smallest absolute Gasteiger partial charge is 0.326 e. The van der Waals surface area contributed by atoms with E-state index in [2.05, 4.69) is 10.3 Å². The molecule has 0 aliphatic heterocycles. The number of nitrogens with one attached hydrogen (secondary N) is 1. The number of pyridine rings is 1. The molecule has 0 aliphatic carbocycles. The normalized spacial score (nSPS) is 11.8. The van der Waals surface area contributed by atoms with Crippen LogP contribution in [0, 0.1) is 0 Å². The van der Waals surface area contributed by atoms with Crippen molar-refractivity contribution >= 4 is 29.3 Å². The Hall–Kier alpha value is -1.76. The van der Waals surface area contributed by atoms with Gasteiger partial charge in [-0.15, -0.1) is 0 Å². The fraction of sp³-hybridized carbons (Fsp3) is 0.364. The number of hydrogen-bond donors (Lipinski definition) is 3. The molecule has 0 bridgehead atoms. The van der Waals surface area contributed by atoms with Gasteiger partial charge in [0.25, 0.3) is 5.91 Å². The molecule has 0 saturated carbocycles. The summed E-state index contributed by atoms with van der Waals surface area (Å²) in [6.07, 6.45) is 5.01. The molecule has 1 atom stereocenters. The van der Waals surface area contributed by atoms with Crippen LogP contribution in [0.2, 0.25) is 0 Å². The third-order valence-electron chi connectivity index (χ3n) is 2.24. The van der Waals surface area contributed by atoms with Crippen LogP contribution < -0.4 is 11.1 Å². The number of carbonyl (C=O) groups is 2. The van der Waals surface area contributed by atoms with E-state index < -0.39 is 17.9 Å². The van der Waals surface area contributed by atoms with Crippen molar-refractivity contribution in [1.29, 1.82) is 0 Å². The molecule has 1 heterocycles. The van der Waals surface area contributed by atoms with Crippen molar-refractivity contribution in [2.24, 2.45) is 0 Å². The first-order valence-corrected chi connectivity index (χ1v) is 6.67. The highest BCUT2D eigenvalue weighted by atomic mass is 32.2. The maximum Gasteiger partial charge on any atom is 0.326 e. The second-order valence-electron chi connectivity index (χ2n) is 3.65. The molecule has 0 aromatic carbocycles. The topological polar surface area (TPSA) is 105 Å². The van der Waals surface area contributed by atoms with E-state index in [4.69, 9.17) is 10.8 Å². The van der Waals surface area contributed by atoms with Gasteiger partial charge in [0, 0.05) is 12.4 Å². The number of nitrogens with two attached hydrogens (primary N) is 1. The summed E-state index contributed by atoms with van der Waals surface area (Å²) in [5.41, 5.74) is 6.12. The molecule has 1 rings (SSSR count). The molecule has 0 spiro atoms. The van der Waals surface area contributed by atoms with Gasteiger partial charge in [-0.25, -0.2) is 4.79 Å². The summed E-state index contributed by atoms with van der Waals surface area (Å²) in [4.78, 5) is 26.6. The highest BCUT2D eigenvalue weighted by Gasteiger charge is 2.20. The van der Waals surface area contributed by atoms with Crippen LogP contribution in [-0.2, 0) is 4.79 Å². The first-order valence-electron chi connectivity index (χ1n) is 5.27. The fourth-order valence-corrected chi connectivity index (χ4v) is 1.79. The number of hydrogen-bond acceptors (Lipinski definition) is 5. The largest absolute Gasteiger partial charge is 0.480 e. The summed E-state index contributed by atoms with van der Waals surface area (Å²) in [6, 6.07) is 0.557. The zero-order chi connectivity index (χ0) is 13.5. The summed E-state index contributed by atoms with van der Waals surface area (Å²) in [7, 11) is 0. The molecule has 1 aromatic heterocycles. The average molecular weight is 269 g/mol. The maximum absolute atomic E-state index is 11.8. The monoisotopic (exact) mass is 269 g/mol. The lowest BCUT2D eigenvalue weighted by Crippen LogP contribution is -2.41. The Morgan fingerprint density at radius 2 is 2.28 bits per heavy atom. The molecule has 98 valence electrons. The summed E-state index contributed by atoms with van der Waals surface area (Å²) in [5, 5.41) is 11.4. The van der Waals surface area contributed by atoms with Crippen LogP contribution in [0.25, 0.3) is 0 Å². The standard InChI is InChI=1S/C11H15N3O3S/c1-18-3-2-9(11(16)17)14-10(15)7-4-8(12)6-13-5-7/h4-6,9H,2-3,12H2,1H3,(H,14,15)(H,16,17). The molecular formula is C11H15N3O3S. The second-order valence-corrected chi connectivity index (χ2v) is 4.64. The fourth-order valence-electron chi connectivity index (χ4n) is 1.32. The second kappa shape index (κ2) is 6.85. The van der Waals surface area contributed by atoms with Crippen molar-refractivity contribution < 1.29 is 14.7 Å². The van der Waals surface area contributed by atoms with Gasteiger partial charge in [-0.2, -0.15) is 11.8 Å². The first kappa shape index (κ1) is 14.3. The Bertz CT molecular complexity index is 439. The minimum absolute atomic E-state index is 0.255. The van der Waals surface area contributed by atoms with Crippen molar-refractivity contribution in [3.8, 4) is 0 Å². The van der Waals surface area contributed by atoms with Crippen molar-refractivity contribution in [3.05, 3.63) is 24.0 Å². The van der Waals surface area contributed by atoms with Crippen LogP contribution in [0.1, 0.15) is 16.8 Å². The summed E-state index contributed by atoms with van der Waals surface area (Å²) < 4.78 is 0. The minimum atomic E-state index is -1.05. The van der Waals surface area contributed by atoms with E-state index in [1.54, 1.807) is 0 Å². The van der Waals surface area contributed by atoms with E-state index >= 15 is 0 Å². The minimum Gasteiger partial charge on any atom is -0.480 e. The Kier molecular flexibility index (Phi) is 5.44. The number of thioether (sulfide) groups is 1. The summed E-state index contributed by atoms with van der Waals surface area (Å²) >= 11 is 1.53. The van der Waals surface area contributed by atoms with Crippen LogP contribution >= 0.6 is 11.8 Å². The van der Waals surface area contributed by atoms with Gasteiger partial charge in [-0.3, -0.25) is 9.78 Å². The quantitative estimate of drug-likeness (QED) is 0.698. The lowest BCUT2D eigenvalue weighted by atomic mass is 10.2. The predicted molar refractivity (Wildman–Crippen MR) is 70.5 cm³/mol. The van der Waals surface area contributed by atoms with E-state index in [-0.39, 0.29) is 5.56 Å². The number of aliphatic carboxylic acids is 1. The number of rotatable bonds is 6. The molecule has 6 nitrogen and oxygen atoms in total. The van der Waals surface area contributed by atoms with Crippen LogP contribution in [0.3, 0.4) is 0 Å². The van der Waals surface area contributed by atoms with Crippen LogP contribution in [0.15, 0.2) is 18.5 Å². The van der Waals surface area contributed by atoms with Crippen molar-refractivity contribution in [3.63, 3.8) is 0 Å². The van der Waals surface area contributed by atoms with Crippen LogP contribution in [0.5, 0.6) is 0 Å². The van der Waals surface area contributed by atoms with E-state index in [1.165, 1.54) is 30.2 Å². The predicted octanol–water partition coefficient (Wildman–Crippen LogP) is 0.600. The highest BCUT2D eigenvalue weighted by molar-refractivity contribution is 7.98. The number of carboxylic acid groups (broad SMARTS) is 1. The molecule has 7 heteroatoms. The summed E-state index contributed by atoms with van der Waals surface area (Å²) in [6.45, 7) is 0. The van der Waals surface area contributed by atoms with E-state index in [0.717, 1.165) is 0 Å². The number of anilines is 1. The Morgan fingerprint density at radius 3 is 2.83 bits per heavy atom. The van der Waals surface area contributed by atoms with Gasteiger partial charge in [-0.05, 0) is 24.5 Å². The van der Waals surface area contributed by atoms with Crippen LogP contribution in [-0.4, -0.2) is 40.0 Å². The molecule has 0 aliphatic rings. The molecule has 0 radical (unpaired) electrons. The SMILES string of the molecule is CSCCC(NC(=O)c1cncc(N)c1)C(=O)O. The molecule has 18 heavy (non-hydrogen) atoms. The Balaban J connectivity index is 2.69. The van der Waals surface area contributed by atoms with Gasteiger partial charge >= 0.3 is 5.97 Å². The van der Waals surface area contributed by atoms with Gasteiger partial charge in [0.05, 0.1) is 11.3 Å². The van der Waals surface area contributed by atoms with Crippen molar-refractivity contribution in [2.75, 3.05) is 17.7 Å². The number of aromatic nitrogens is 1. The van der Waals surface area contributed by atoms with Gasteiger partial charge < -0.3 is 16.2 Å². The van der Waals surface area contributed by atoms with E-state index in [1.807, 2.05) is 6.26 Å². The lowest BCUT2D eigenvalue weighted by molar-refractivity contribution is -0.139. The number of nitrogen functional groups attached to an aromatic ring is 1. The third kappa shape index (κ3) is 4.25. The zero-order valence-corrected chi connectivity index (χ0v) is 10.7. The molecule has 0 fully saturated rings. The molecule has 1 unspecified atom stereocenters. The van der Waals surface area contributed by atoms with Crippen LogP contribution in [0.4, 0.5) is 5.69 Å². The number of amides is 1. The Morgan fingerprint density at radius 1 is 1.56 bits per heavy atom. The Labute approximate surface area is 109 Å². The highest BCUT2D eigenvalue weighted by Crippen LogP contribution is 2.06. The molecule has 1 aromatic rings. The van der Waals surface area contributed by atoms with Crippen molar-refractivity contribution in [2.45, 2.75) is 12.5 Å².